The van der Waals surface area contributed by atoms with Crippen LogP contribution in [0, 0.1) is 16.0 Å². The molecule has 1 fully saturated rings. The van der Waals surface area contributed by atoms with E-state index < -0.39 is 17.0 Å². The normalized spacial score (nSPS) is 16.8. The molecule has 1 unspecified atom stereocenters. The van der Waals surface area contributed by atoms with Gasteiger partial charge in [0.05, 0.1) is 27.9 Å². The van der Waals surface area contributed by atoms with E-state index in [0.29, 0.717) is 59.3 Å². The number of para-hydroxylation sites is 1. The van der Waals surface area contributed by atoms with Crippen LogP contribution in [-0.4, -0.2) is 43.4 Å². The average Bonchev–Trinajstić information content (AvgIpc) is 3.47. The highest BCUT2D eigenvalue weighted by molar-refractivity contribution is 6.34. The lowest BCUT2D eigenvalue weighted by atomic mass is 9.65. The minimum atomic E-state index is -0.830. The van der Waals surface area contributed by atoms with Crippen LogP contribution in [0.4, 0.5) is 11.4 Å². The molecule has 7 aromatic carbocycles. The van der Waals surface area contributed by atoms with E-state index >= 15 is 0 Å². The number of non-ortho nitro benzene ring substituents is 1. The number of anilines is 1. The average molecular weight is 831 g/mol. The summed E-state index contributed by atoms with van der Waals surface area (Å²) in [6, 6.07) is 32.5. The van der Waals surface area contributed by atoms with Crippen molar-refractivity contribution in [2.75, 3.05) is 31.9 Å². The molecule has 312 valence electrons. The molecule has 1 aromatic heterocycles. The summed E-state index contributed by atoms with van der Waals surface area (Å²) in [5, 5.41) is 23.4. The van der Waals surface area contributed by atoms with E-state index in [4.69, 9.17) is 23.4 Å². The lowest BCUT2D eigenvalue weighted by Gasteiger charge is -2.39. The summed E-state index contributed by atoms with van der Waals surface area (Å²) in [6.07, 6.45) is 1.71. The Hall–Kier alpha value is -7.21. The number of carbonyl (C=O) groups excluding carboxylic acids is 2. The van der Waals surface area contributed by atoms with E-state index in [9.17, 15) is 24.5 Å². The maximum Gasteiger partial charge on any atom is 0.343 e. The number of fused-ring (bicyclic) bond motifs is 6. The fraction of sp³-hybridized carbons (Fsp3) is 0.260. The molecule has 0 radical (unpaired) electrons. The molecule has 12 heteroatoms. The quantitative estimate of drug-likeness (QED) is 0.0281. The number of ether oxygens (including phenoxy) is 4. The molecule has 1 N–H and O–H groups in total. The van der Waals surface area contributed by atoms with Crippen molar-refractivity contribution in [1.29, 1.82) is 0 Å². The highest BCUT2D eigenvalue weighted by atomic mass is 16.6. The molecule has 2 atom stereocenters. The molecule has 2 aliphatic rings. The molecule has 0 aliphatic carbocycles. The van der Waals surface area contributed by atoms with E-state index in [1.54, 1.807) is 12.1 Å². The van der Waals surface area contributed by atoms with Gasteiger partial charge in [-0.3, -0.25) is 19.7 Å². The first-order valence-electron chi connectivity index (χ1n) is 20.9. The molecule has 2 aliphatic heterocycles. The third-order valence-corrected chi connectivity index (χ3v) is 12.8. The topological polar surface area (TPSA) is 156 Å². The molecule has 1 saturated heterocycles. The zero-order chi connectivity index (χ0) is 42.7. The number of nitro benzene ring substituents is 1. The van der Waals surface area contributed by atoms with Crippen LogP contribution in [-0.2, 0) is 24.5 Å². The molecule has 0 amide bonds. The summed E-state index contributed by atoms with van der Waals surface area (Å²) < 4.78 is 29.4. The first kappa shape index (κ1) is 39.0. The maximum absolute atomic E-state index is 14.5. The summed E-state index contributed by atoms with van der Waals surface area (Å²) in [5.41, 5.74) is 2.00. The van der Waals surface area contributed by atoms with Crippen LogP contribution in [0.2, 0.25) is 0 Å². The molecular weight excluding hydrogens is 789 g/mol. The zero-order valence-electron chi connectivity index (χ0n) is 34.2. The van der Waals surface area contributed by atoms with Crippen LogP contribution in [0.15, 0.2) is 112 Å². The number of esters is 2. The fourth-order valence-electron chi connectivity index (χ4n) is 9.93. The van der Waals surface area contributed by atoms with Crippen LogP contribution in [0.1, 0.15) is 62.1 Å². The fourth-order valence-corrected chi connectivity index (χ4v) is 9.93. The van der Waals surface area contributed by atoms with Gasteiger partial charge in [-0.05, 0) is 105 Å². The summed E-state index contributed by atoms with van der Waals surface area (Å²) in [4.78, 5) is 50.7. The Morgan fingerprint density at radius 1 is 0.806 bits per heavy atom. The molecule has 0 spiro atoms. The van der Waals surface area contributed by atoms with Crippen LogP contribution >= 0.6 is 0 Å². The van der Waals surface area contributed by atoms with E-state index in [1.165, 1.54) is 0 Å². The molecule has 12 nitrogen and oxygen atoms in total. The van der Waals surface area contributed by atoms with Gasteiger partial charge in [0.1, 0.15) is 30.3 Å². The number of nitrogens with one attached hydrogen (secondary N) is 1. The molecule has 62 heavy (non-hydrogen) atoms. The second-order valence-electron chi connectivity index (χ2n) is 16.7. The summed E-state index contributed by atoms with van der Waals surface area (Å²) in [5.74, 6) is -0.272. The van der Waals surface area contributed by atoms with Gasteiger partial charge in [-0.25, -0.2) is 4.79 Å². The Bertz CT molecular complexity index is 3150. The van der Waals surface area contributed by atoms with Gasteiger partial charge in [-0.2, -0.15) is 0 Å². The Kier molecular flexibility index (Phi) is 9.65. The number of cyclic esters (lactones) is 1. The van der Waals surface area contributed by atoms with Crippen LogP contribution in [0.25, 0.3) is 54.1 Å². The Labute approximate surface area is 354 Å². The minimum Gasteiger partial charge on any atom is -0.490 e. The van der Waals surface area contributed by atoms with Crippen molar-refractivity contribution in [2.45, 2.75) is 50.9 Å². The third kappa shape index (κ3) is 6.57. The van der Waals surface area contributed by atoms with Crippen LogP contribution in [0.5, 0.6) is 11.5 Å². The molecular formula is C50H42N2O10. The predicted molar refractivity (Wildman–Crippen MR) is 237 cm³/mol. The molecule has 3 heterocycles. The van der Waals surface area contributed by atoms with Gasteiger partial charge in [0, 0.05) is 41.3 Å². The summed E-state index contributed by atoms with van der Waals surface area (Å²) in [7, 11) is 0. The second-order valence-corrected chi connectivity index (χ2v) is 16.7. The van der Waals surface area contributed by atoms with E-state index in [1.807, 2.05) is 66.7 Å². The number of rotatable bonds is 9. The first-order chi connectivity index (χ1) is 30.1. The number of carbonyl (C=O) groups is 2. The van der Waals surface area contributed by atoms with Crippen LogP contribution in [0.3, 0.4) is 0 Å². The monoisotopic (exact) mass is 830 g/mol. The maximum atomic E-state index is 14.5. The van der Waals surface area contributed by atoms with Gasteiger partial charge in [0.25, 0.3) is 5.69 Å². The van der Waals surface area contributed by atoms with Gasteiger partial charge in [-0.15, -0.1) is 0 Å². The Morgan fingerprint density at radius 2 is 1.52 bits per heavy atom. The van der Waals surface area contributed by atoms with Crippen LogP contribution < -0.4 is 20.4 Å². The standard InChI is InChI=1S/C50H42N2O10/c1-50(2,38-17-15-32-31-9-6-11-35-40(52(56)57)19-16-33(45(31)35)30-8-5-10-34(38)44(30)32)47-37-26-29(58-23-24-60-43(54)25-28-13-20-42(53)59-22-21-28)14-18-39(37)51-27-61-48-36-7-3-4-12-41(36)62-49(55)46(47)48/h3-12,14-19,26,28,47,51H,13,20-25,27H2,1-2H3/t28?,47-/m1/s1. The van der Waals surface area contributed by atoms with Gasteiger partial charge in [0.2, 0.25) is 0 Å². The summed E-state index contributed by atoms with van der Waals surface area (Å²) in [6.45, 7) is 4.76. The van der Waals surface area contributed by atoms with Crippen molar-refractivity contribution in [3.05, 3.63) is 140 Å². The number of nitro groups is 1. The largest absolute Gasteiger partial charge is 0.490 e. The second kappa shape index (κ2) is 15.4. The van der Waals surface area contributed by atoms with Crippen molar-refractivity contribution >= 4 is 77.4 Å². The van der Waals surface area contributed by atoms with Crippen molar-refractivity contribution in [2.24, 2.45) is 5.92 Å². The van der Waals surface area contributed by atoms with Gasteiger partial charge >= 0.3 is 17.6 Å². The van der Waals surface area contributed by atoms with E-state index in [-0.39, 0.29) is 54.8 Å². The van der Waals surface area contributed by atoms with Gasteiger partial charge < -0.3 is 28.7 Å². The number of hydrogen-bond acceptors (Lipinski definition) is 11. The van der Waals surface area contributed by atoms with Crippen molar-refractivity contribution in [3.8, 4) is 11.5 Å². The smallest absolute Gasteiger partial charge is 0.343 e. The molecule has 10 rings (SSSR count). The lowest BCUT2D eigenvalue weighted by molar-refractivity contribution is -0.383. The van der Waals surface area contributed by atoms with E-state index in [2.05, 4.69) is 43.4 Å². The van der Waals surface area contributed by atoms with Gasteiger partial charge in [0.15, 0.2) is 6.73 Å². The lowest BCUT2D eigenvalue weighted by Crippen LogP contribution is -2.34. The Morgan fingerprint density at radius 3 is 2.32 bits per heavy atom. The predicted octanol–water partition coefficient (Wildman–Crippen LogP) is 10.3. The van der Waals surface area contributed by atoms with Crippen molar-refractivity contribution in [1.82, 2.24) is 0 Å². The summed E-state index contributed by atoms with van der Waals surface area (Å²) >= 11 is 0. The zero-order valence-corrected chi connectivity index (χ0v) is 34.2. The molecule has 0 bridgehead atoms. The van der Waals surface area contributed by atoms with E-state index in [0.717, 1.165) is 54.5 Å². The number of nitrogens with zero attached hydrogens (tertiary/aromatic N) is 1. The molecule has 8 aromatic rings. The van der Waals surface area contributed by atoms with Crippen molar-refractivity contribution in [3.63, 3.8) is 0 Å². The van der Waals surface area contributed by atoms with Crippen molar-refractivity contribution < 1.29 is 37.9 Å². The SMILES string of the molecule is CC(C)(c1ccc2c3cccc4c([N+](=O)[O-])ccc(c5cccc1c52)c43)[C@@H]1c2cc(OCCOC(=O)CC3CCOC(=O)CC3)ccc2NCOc2c1c(=O)oc1ccccc21. The van der Waals surface area contributed by atoms with Gasteiger partial charge in [-0.1, -0.05) is 68.4 Å². The number of benzene rings is 7. The first-order valence-corrected chi connectivity index (χ1v) is 20.9. The third-order valence-electron chi connectivity index (χ3n) is 12.8. The Balaban J connectivity index is 1.08. The number of hydrogen-bond donors (Lipinski definition) is 1. The highest BCUT2D eigenvalue weighted by Gasteiger charge is 2.42. The minimum absolute atomic E-state index is 0.0230. The highest BCUT2D eigenvalue weighted by Crippen LogP contribution is 2.53. The molecule has 0 saturated carbocycles.